The lowest BCUT2D eigenvalue weighted by Crippen LogP contribution is -2.07. The first kappa shape index (κ1) is 11.9. The molecule has 2 aromatic rings. The number of pyridine rings is 1. The van der Waals surface area contributed by atoms with Crippen LogP contribution < -0.4 is 11.1 Å². The van der Waals surface area contributed by atoms with E-state index in [4.69, 9.17) is 11.0 Å². The molecule has 1 aromatic heterocycles. The van der Waals surface area contributed by atoms with Gasteiger partial charge in [-0.3, -0.25) is 4.98 Å². The number of nitriles is 1. The fourth-order valence-corrected chi connectivity index (χ4v) is 1.68. The van der Waals surface area contributed by atoms with Crippen molar-refractivity contribution in [3.63, 3.8) is 0 Å². The molecule has 0 fully saturated rings. The van der Waals surface area contributed by atoms with Crippen molar-refractivity contribution in [2.24, 2.45) is 0 Å². The van der Waals surface area contributed by atoms with E-state index in [-0.39, 0.29) is 0 Å². The van der Waals surface area contributed by atoms with E-state index in [9.17, 15) is 0 Å². The first-order chi connectivity index (χ1) is 8.79. The first-order valence-corrected chi connectivity index (χ1v) is 5.73. The van der Waals surface area contributed by atoms with E-state index in [1.54, 1.807) is 18.3 Å². The fraction of sp³-hybridized carbons (Fsp3) is 0.143. The number of nitrogens with two attached hydrogens (primary N) is 1. The molecule has 0 bridgehead atoms. The van der Waals surface area contributed by atoms with Crippen LogP contribution in [0, 0.1) is 11.3 Å². The van der Waals surface area contributed by atoms with Gasteiger partial charge in [-0.25, -0.2) is 0 Å². The van der Waals surface area contributed by atoms with Gasteiger partial charge in [-0.05, 0) is 30.3 Å². The van der Waals surface area contributed by atoms with Crippen molar-refractivity contribution >= 4 is 11.4 Å². The van der Waals surface area contributed by atoms with Crippen molar-refractivity contribution < 1.29 is 0 Å². The van der Waals surface area contributed by atoms with Gasteiger partial charge in [-0.15, -0.1) is 0 Å². The molecule has 1 heterocycles. The zero-order valence-electron chi connectivity index (χ0n) is 9.93. The summed E-state index contributed by atoms with van der Waals surface area (Å²) in [7, 11) is 0. The number of nitrogen functional groups attached to an aromatic ring is 1. The van der Waals surface area contributed by atoms with Crippen LogP contribution in [0.1, 0.15) is 11.3 Å². The largest absolute Gasteiger partial charge is 0.399 e. The summed E-state index contributed by atoms with van der Waals surface area (Å²) in [5.41, 5.74) is 8.63. The Labute approximate surface area is 106 Å². The Morgan fingerprint density at radius 2 is 2.17 bits per heavy atom. The predicted molar refractivity (Wildman–Crippen MR) is 72.0 cm³/mol. The van der Waals surface area contributed by atoms with Gasteiger partial charge in [0.2, 0.25) is 0 Å². The molecule has 3 N–H and O–H groups in total. The minimum Gasteiger partial charge on any atom is -0.399 e. The monoisotopic (exact) mass is 238 g/mol. The Morgan fingerprint density at radius 1 is 1.28 bits per heavy atom. The van der Waals surface area contributed by atoms with Gasteiger partial charge in [0.15, 0.2) is 0 Å². The van der Waals surface area contributed by atoms with Crippen molar-refractivity contribution in [2.75, 3.05) is 17.6 Å². The molecule has 0 atom stereocenters. The zero-order chi connectivity index (χ0) is 12.8. The topological polar surface area (TPSA) is 74.7 Å². The lowest BCUT2D eigenvalue weighted by molar-refractivity contribution is 0.961. The van der Waals surface area contributed by atoms with E-state index in [1.807, 2.05) is 24.3 Å². The van der Waals surface area contributed by atoms with Crippen LogP contribution in [0.4, 0.5) is 11.4 Å². The van der Waals surface area contributed by atoms with E-state index in [0.29, 0.717) is 11.3 Å². The van der Waals surface area contributed by atoms with Gasteiger partial charge in [0, 0.05) is 30.5 Å². The predicted octanol–water partition coefficient (Wildman–Crippen LogP) is 2.19. The van der Waals surface area contributed by atoms with Crippen molar-refractivity contribution in [3.05, 3.63) is 53.9 Å². The maximum absolute atomic E-state index is 9.00. The van der Waals surface area contributed by atoms with Gasteiger partial charge in [-0.2, -0.15) is 5.26 Å². The van der Waals surface area contributed by atoms with Crippen LogP contribution >= 0.6 is 0 Å². The third kappa shape index (κ3) is 2.98. The highest BCUT2D eigenvalue weighted by molar-refractivity contribution is 5.62. The van der Waals surface area contributed by atoms with Crippen LogP contribution in [0.15, 0.2) is 42.6 Å². The van der Waals surface area contributed by atoms with Crippen LogP contribution in [0.25, 0.3) is 0 Å². The molecule has 0 aliphatic heterocycles. The number of rotatable bonds is 4. The molecular weight excluding hydrogens is 224 g/mol. The number of hydrogen-bond acceptors (Lipinski definition) is 4. The number of benzene rings is 1. The summed E-state index contributed by atoms with van der Waals surface area (Å²) in [6, 6.07) is 13.2. The van der Waals surface area contributed by atoms with E-state index in [2.05, 4.69) is 16.4 Å². The standard InChI is InChI=1S/C14H14N4/c15-10-11-9-12(16)4-5-14(11)18-8-6-13-3-1-2-7-17-13/h1-5,7,9,18H,6,8,16H2. The lowest BCUT2D eigenvalue weighted by atomic mass is 10.1. The summed E-state index contributed by atoms with van der Waals surface area (Å²) in [6.07, 6.45) is 2.59. The molecule has 4 heteroatoms. The van der Waals surface area contributed by atoms with Crippen LogP contribution in [-0.4, -0.2) is 11.5 Å². The minimum absolute atomic E-state index is 0.566. The SMILES string of the molecule is N#Cc1cc(N)ccc1NCCc1ccccn1. The Balaban J connectivity index is 1.97. The summed E-state index contributed by atoms with van der Waals surface area (Å²) < 4.78 is 0. The second kappa shape index (κ2) is 5.69. The molecule has 0 radical (unpaired) electrons. The third-order valence-electron chi connectivity index (χ3n) is 2.59. The van der Waals surface area contributed by atoms with Crippen LogP contribution in [0.3, 0.4) is 0 Å². The molecule has 4 nitrogen and oxygen atoms in total. The molecule has 0 aliphatic rings. The molecule has 0 saturated heterocycles. The molecule has 0 saturated carbocycles. The molecule has 1 aromatic carbocycles. The molecule has 90 valence electrons. The van der Waals surface area contributed by atoms with E-state index >= 15 is 0 Å². The summed E-state index contributed by atoms with van der Waals surface area (Å²) in [5, 5.41) is 12.2. The number of aromatic nitrogens is 1. The summed E-state index contributed by atoms with van der Waals surface area (Å²) >= 11 is 0. The van der Waals surface area contributed by atoms with Gasteiger partial charge in [0.05, 0.1) is 11.3 Å². The second-order valence-corrected chi connectivity index (χ2v) is 3.91. The maximum Gasteiger partial charge on any atom is 0.101 e. The minimum atomic E-state index is 0.566. The highest BCUT2D eigenvalue weighted by Crippen LogP contribution is 2.17. The molecular formula is C14H14N4. The number of nitrogens with one attached hydrogen (secondary N) is 1. The summed E-state index contributed by atoms with van der Waals surface area (Å²) in [6.45, 7) is 0.732. The van der Waals surface area contributed by atoms with Gasteiger partial charge < -0.3 is 11.1 Å². The quantitative estimate of drug-likeness (QED) is 0.801. The van der Waals surface area contributed by atoms with Crippen LogP contribution in [0.5, 0.6) is 0 Å². The number of anilines is 2. The Hall–Kier alpha value is -2.54. The van der Waals surface area contributed by atoms with Crippen molar-refractivity contribution in [1.29, 1.82) is 5.26 Å². The second-order valence-electron chi connectivity index (χ2n) is 3.91. The maximum atomic E-state index is 9.00. The average Bonchev–Trinajstić information content (AvgIpc) is 2.41. The zero-order valence-corrected chi connectivity index (χ0v) is 9.93. The number of nitrogens with zero attached hydrogens (tertiary/aromatic N) is 2. The van der Waals surface area contributed by atoms with E-state index in [1.165, 1.54) is 0 Å². The summed E-state index contributed by atoms with van der Waals surface area (Å²) in [5.74, 6) is 0. The van der Waals surface area contributed by atoms with E-state index in [0.717, 1.165) is 24.3 Å². The highest BCUT2D eigenvalue weighted by Gasteiger charge is 2.01. The van der Waals surface area contributed by atoms with Crippen molar-refractivity contribution in [1.82, 2.24) is 4.98 Å². The molecule has 0 aliphatic carbocycles. The summed E-state index contributed by atoms with van der Waals surface area (Å²) in [4.78, 5) is 4.24. The first-order valence-electron chi connectivity index (χ1n) is 5.73. The molecule has 18 heavy (non-hydrogen) atoms. The van der Waals surface area contributed by atoms with E-state index < -0.39 is 0 Å². The Kier molecular flexibility index (Phi) is 3.77. The van der Waals surface area contributed by atoms with Crippen LogP contribution in [0.2, 0.25) is 0 Å². The van der Waals surface area contributed by atoms with Crippen molar-refractivity contribution in [2.45, 2.75) is 6.42 Å². The van der Waals surface area contributed by atoms with Crippen molar-refractivity contribution in [3.8, 4) is 6.07 Å². The Morgan fingerprint density at radius 3 is 2.89 bits per heavy atom. The molecule has 0 spiro atoms. The van der Waals surface area contributed by atoms with Gasteiger partial charge in [0.25, 0.3) is 0 Å². The van der Waals surface area contributed by atoms with Gasteiger partial charge in [0.1, 0.15) is 6.07 Å². The number of hydrogen-bond donors (Lipinski definition) is 2. The average molecular weight is 238 g/mol. The smallest absolute Gasteiger partial charge is 0.101 e. The van der Waals surface area contributed by atoms with Gasteiger partial charge >= 0.3 is 0 Å². The van der Waals surface area contributed by atoms with Gasteiger partial charge in [-0.1, -0.05) is 6.07 Å². The fourth-order valence-electron chi connectivity index (χ4n) is 1.68. The molecule has 2 rings (SSSR count). The molecule has 0 amide bonds. The lowest BCUT2D eigenvalue weighted by Gasteiger charge is -2.08. The third-order valence-corrected chi connectivity index (χ3v) is 2.59. The Bertz CT molecular complexity index is 558. The normalized spacial score (nSPS) is 9.72. The van der Waals surface area contributed by atoms with Crippen LogP contribution in [-0.2, 0) is 6.42 Å². The highest BCUT2D eigenvalue weighted by atomic mass is 14.9. The molecule has 0 unspecified atom stereocenters.